The Morgan fingerprint density at radius 2 is 1.95 bits per heavy atom. The lowest BCUT2D eigenvalue weighted by atomic mass is 9.71. The van der Waals surface area contributed by atoms with Crippen LogP contribution in [0.15, 0.2) is 0 Å². The molecule has 2 heterocycles. The predicted octanol–water partition coefficient (Wildman–Crippen LogP) is 2.76. The Balaban J connectivity index is 1.78. The van der Waals surface area contributed by atoms with Gasteiger partial charge < -0.3 is 14.6 Å². The molecule has 19 heavy (non-hydrogen) atoms. The lowest BCUT2D eigenvalue weighted by Crippen LogP contribution is -2.50. The van der Waals surface area contributed by atoms with Crippen LogP contribution in [-0.2, 0) is 9.47 Å². The summed E-state index contributed by atoms with van der Waals surface area (Å²) in [5, 5.41) is 11.3. The van der Waals surface area contributed by atoms with Gasteiger partial charge in [-0.2, -0.15) is 0 Å². The van der Waals surface area contributed by atoms with Crippen molar-refractivity contribution in [2.75, 3.05) is 19.8 Å². The summed E-state index contributed by atoms with van der Waals surface area (Å²) in [6, 6.07) is 0. The van der Waals surface area contributed by atoms with E-state index in [2.05, 4.69) is 20.8 Å². The fraction of sp³-hybridized carbons (Fsp3) is 1.00. The average Bonchev–Trinajstić information content (AvgIpc) is 2.83. The van der Waals surface area contributed by atoms with Crippen LogP contribution >= 0.6 is 0 Å². The molecule has 2 aliphatic heterocycles. The van der Waals surface area contributed by atoms with Gasteiger partial charge in [-0.05, 0) is 42.9 Å². The molecule has 1 aliphatic carbocycles. The van der Waals surface area contributed by atoms with Crippen LogP contribution in [0.1, 0.15) is 52.9 Å². The zero-order valence-electron chi connectivity index (χ0n) is 12.6. The summed E-state index contributed by atoms with van der Waals surface area (Å²) in [5.74, 6) is 0.768. The van der Waals surface area contributed by atoms with E-state index in [1.54, 1.807) is 0 Å². The van der Waals surface area contributed by atoms with E-state index in [9.17, 15) is 5.11 Å². The van der Waals surface area contributed by atoms with Crippen molar-refractivity contribution in [1.82, 2.24) is 0 Å². The van der Waals surface area contributed by atoms with Gasteiger partial charge in [-0.25, -0.2) is 0 Å². The molecule has 4 unspecified atom stereocenters. The predicted molar refractivity (Wildman–Crippen MR) is 74.0 cm³/mol. The van der Waals surface area contributed by atoms with Gasteiger partial charge in [0.1, 0.15) is 0 Å². The molecule has 3 aliphatic rings. The molecule has 0 bridgehead atoms. The van der Waals surface area contributed by atoms with Gasteiger partial charge in [0.25, 0.3) is 0 Å². The molecule has 3 nitrogen and oxygen atoms in total. The van der Waals surface area contributed by atoms with Crippen molar-refractivity contribution in [2.45, 2.75) is 64.1 Å². The van der Waals surface area contributed by atoms with Gasteiger partial charge in [0.2, 0.25) is 0 Å². The molecule has 0 radical (unpaired) electrons. The minimum absolute atomic E-state index is 0.0922. The highest BCUT2D eigenvalue weighted by Gasteiger charge is 2.55. The normalized spacial score (nSPS) is 49.9. The maximum atomic E-state index is 11.3. The van der Waals surface area contributed by atoms with Gasteiger partial charge in [0.05, 0.1) is 17.8 Å². The molecule has 1 spiro atoms. The first kappa shape index (κ1) is 13.8. The summed E-state index contributed by atoms with van der Waals surface area (Å²) in [4.78, 5) is 0. The van der Waals surface area contributed by atoms with E-state index in [-0.39, 0.29) is 11.0 Å². The third-order valence-corrected chi connectivity index (χ3v) is 5.74. The monoisotopic (exact) mass is 268 g/mol. The molecular weight excluding hydrogens is 240 g/mol. The zero-order valence-corrected chi connectivity index (χ0v) is 12.6. The molecular formula is C16H28O3. The van der Waals surface area contributed by atoms with Crippen molar-refractivity contribution in [1.29, 1.82) is 0 Å². The molecule has 1 saturated carbocycles. The Labute approximate surface area is 116 Å². The molecule has 0 aromatic rings. The van der Waals surface area contributed by atoms with Crippen molar-refractivity contribution in [3.05, 3.63) is 0 Å². The number of ether oxygens (including phenoxy) is 2. The van der Waals surface area contributed by atoms with Gasteiger partial charge in [-0.1, -0.05) is 20.8 Å². The molecule has 3 rings (SSSR count). The van der Waals surface area contributed by atoms with E-state index < -0.39 is 5.60 Å². The van der Waals surface area contributed by atoms with Crippen molar-refractivity contribution in [3.63, 3.8) is 0 Å². The molecule has 110 valence electrons. The Hall–Kier alpha value is -0.120. The number of hydrogen-bond acceptors (Lipinski definition) is 3. The van der Waals surface area contributed by atoms with E-state index >= 15 is 0 Å². The SMILES string of the molecule is CC1CC(C)(C)CC1(O)C1CCOC2(CCOC2)C1. The van der Waals surface area contributed by atoms with Crippen molar-refractivity contribution >= 4 is 0 Å². The summed E-state index contributed by atoms with van der Waals surface area (Å²) in [6.45, 7) is 9.11. The number of aliphatic hydroxyl groups is 1. The molecule has 0 aromatic carbocycles. The van der Waals surface area contributed by atoms with Crippen LogP contribution in [-0.4, -0.2) is 36.1 Å². The molecule has 3 heteroatoms. The summed E-state index contributed by atoms with van der Waals surface area (Å²) >= 11 is 0. The van der Waals surface area contributed by atoms with Crippen LogP contribution in [0.25, 0.3) is 0 Å². The van der Waals surface area contributed by atoms with E-state index in [1.807, 2.05) is 0 Å². The topological polar surface area (TPSA) is 38.7 Å². The first-order valence-electron chi connectivity index (χ1n) is 7.79. The van der Waals surface area contributed by atoms with Crippen LogP contribution in [0.5, 0.6) is 0 Å². The quantitative estimate of drug-likeness (QED) is 0.795. The number of rotatable bonds is 1. The highest BCUT2D eigenvalue weighted by molar-refractivity contribution is 5.05. The van der Waals surface area contributed by atoms with E-state index in [4.69, 9.17) is 9.47 Å². The van der Waals surface area contributed by atoms with E-state index in [0.29, 0.717) is 11.8 Å². The molecule has 0 amide bonds. The van der Waals surface area contributed by atoms with Crippen LogP contribution in [0.2, 0.25) is 0 Å². The second kappa shape index (κ2) is 4.44. The number of hydrogen-bond donors (Lipinski definition) is 1. The Morgan fingerprint density at radius 1 is 1.16 bits per heavy atom. The molecule has 3 fully saturated rings. The lowest BCUT2D eigenvalue weighted by Gasteiger charge is -2.45. The average molecular weight is 268 g/mol. The first-order valence-corrected chi connectivity index (χ1v) is 7.79. The van der Waals surface area contributed by atoms with Gasteiger partial charge in [-0.3, -0.25) is 0 Å². The highest BCUT2D eigenvalue weighted by atomic mass is 16.6. The fourth-order valence-corrected chi connectivity index (χ4v) is 4.88. The Kier molecular flexibility index (Phi) is 3.23. The van der Waals surface area contributed by atoms with Crippen LogP contribution in [0.4, 0.5) is 0 Å². The molecule has 2 saturated heterocycles. The molecule has 0 aromatic heterocycles. The highest BCUT2D eigenvalue weighted by Crippen LogP contribution is 2.54. The zero-order chi connectivity index (χ0) is 13.7. The summed E-state index contributed by atoms with van der Waals surface area (Å²) in [5.41, 5.74) is -0.320. The third-order valence-electron chi connectivity index (χ3n) is 5.74. The maximum absolute atomic E-state index is 11.3. The largest absolute Gasteiger partial charge is 0.389 e. The minimum atomic E-state index is -0.497. The second-order valence-corrected chi connectivity index (χ2v) is 7.96. The van der Waals surface area contributed by atoms with Crippen molar-refractivity contribution in [2.24, 2.45) is 17.3 Å². The van der Waals surface area contributed by atoms with Crippen molar-refractivity contribution < 1.29 is 14.6 Å². The summed E-state index contributed by atoms with van der Waals surface area (Å²) in [6.07, 6.45) is 5.03. The molecule has 1 N–H and O–H groups in total. The standard InChI is InChI=1S/C16H28O3/c1-12-8-14(2,3)10-16(12,17)13-4-6-19-15(9-13)5-7-18-11-15/h12-13,17H,4-11H2,1-3H3. The van der Waals surface area contributed by atoms with Gasteiger partial charge in [0.15, 0.2) is 0 Å². The third kappa shape index (κ3) is 2.34. The molecule has 4 atom stereocenters. The summed E-state index contributed by atoms with van der Waals surface area (Å²) < 4.78 is 11.6. The fourth-order valence-electron chi connectivity index (χ4n) is 4.88. The van der Waals surface area contributed by atoms with Crippen LogP contribution in [0, 0.1) is 17.3 Å². The maximum Gasteiger partial charge on any atom is 0.0940 e. The Bertz CT molecular complexity index is 346. The van der Waals surface area contributed by atoms with Crippen LogP contribution < -0.4 is 0 Å². The van der Waals surface area contributed by atoms with Gasteiger partial charge >= 0.3 is 0 Å². The summed E-state index contributed by atoms with van der Waals surface area (Å²) in [7, 11) is 0. The van der Waals surface area contributed by atoms with E-state index in [1.165, 1.54) is 0 Å². The van der Waals surface area contributed by atoms with Crippen LogP contribution in [0.3, 0.4) is 0 Å². The van der Waals surface area contributed by atoms with E-state index in [0.717, 1.165) is 51.9 Å². The van der Waals surface area contributed by atoms with Gasteiger partial charge in [-0.15, -0.1) is 0 Å². The van der Waals surface area contributed by atoms with Crippen molar-refractivity contribution in [3.8, 4) is 0 Å². The minimum Gasteiger partial charge on any atom is -0.389 e. The Morgan fingerprint density at radius 3 is 2.53 bits per heavy atom. The van der Waals surface area contributed by atoms with Gasteiger partial charge in [0, 0.05) is 19.6 Å². The first-order chi connectivity index (χ1) is 8.85. The second-order valence-electron chi connectivity index (χ2n) is 7.96. The smallest absolute Gasteiger partial charge is 0.0940 e. The lowest BCUT2D eigenvalue weighted by molar-refractivity contribution is -0.152.